The summed E-state index contributed by atoms with van der Waals surface area (Å²) >= 11 is 0. The van der Waals surface area contributed by atoms with E-state index < -0.39 is 12.1 Å². The number of allylic oxidation sites excluding steroid dienone is 2. The highest BCUT2D eigenvalue weighted by molar-refractivity contribution is 6.26. The van der Waals surface area contributed by atoms with Crippen LogP contribution in [0.3, 0.4) is 0 Å². The lowest BCUT2D eigenvalue weighted by Crippen LogP contribution is -2.27. The van der Waals surface area contributed by atoms with Gasteiger partial charge in [0.25, 0.3) is 0 Å². The molecule has 2 heterocycles. The van der Waals surface area contributed by atoms with E-state index >= 15 is 0 Å². The molecule has 0 amide bonds. The second-order valence-electron chi connectivity index (χ2n) is 6.77. The SMILES string of the molecule is Cn1cc2c3c1C(=O)C(NC=Cc1ccc(O)cc1)=CC3=NCC2.O=C(O)C(F)(F)F. The zero-order chi connectivity index (χ0) is 22.8. The maximum atomic E-state index is 12.7. The number of rotatable bonds is 3. The number of alkyl halides is 3. The second-order valence-corrected chi connectivity index (χ2v) is 6.77. The second kappa shape index (κ2) is 8.50. The van der Waals surface area contributed by atoms with Crippen molar-refractivity contribution in [3.63, 3.8) is 0 Å². The maximum absolute atomic E-state index is 12.7. The van der Waals surface area contributed by atoms with Crippen LogP contribution in [0.2, 0.25) is 0 Å². The first-order valence-corrected chi connectivity index (χ1v) is 9.09. The molecule has 31 heavy (non-hydrogen) atoms. The Hall–Kier alpha value is -3.82. The van der Waals surface area contributed by atoms with E-state index in [0.717, 1.165) is 29.8 Å². The lowest BCUT2D eigenvalue weighted by atomic mass is 9.92. The molecule has 7 nitrogen and oxygen atoms in total. The van der Waals surface area contributed by atoms with Gasteiger partial charge >= 0.3 is 12.1 Å². The molecule has 0 unspecified atom stereocenters. The van der Waals surface area contributed by atoms with E-state index in [4.69, 9.17) is 9.90 Å². The number of aromatic nitrogens is 1. The third kappa shape index (κ3) is 4.85. The number of aliphatic carboxylic acids is 1. The zero-order valence-corrected chi connectivity index (χ0v) is 16.3. The first kappa shape index (κ1) is 21.9. The number of benzene rings is 1. The molecule has 2 aromatic rings. The quantitative estimate of drug-likeness (QED) is 0.690. The van der Waals surface area contributed by atoms with E-state index in [9.17, 15) is 23.1 Å². The first-order valence-electron chi connectivity index (χ1n) is 9.09. The highest BCUT2D eigenvalue weighted by Gasteiger charge is 2.38. The molecule has 0 fully saturated rings. The molecule has 0 saturated carbocycles. The number of nitrogens with zero attached hydrogens (tertiary/aromatic N) is 2. The number of carbonyl (C=O) groups is 2. The summed E-state index contributed by atoms with van der Waals surface area (Å²) in [6.07, 6.45) is 3.24. The van der Waals surface area contributed by atoms with Crippen molar-refractivity contribution in [2.24, 2.45) is 12.0 Å². The van der Waals surface area contributed by atoms with Crippen LogP contribution in [0, 0.1) is 0 Å². The molecular weight excluding hydrogens is 415 g/mol. The van der Waals surface area contributed by atoms with Crippen molar-refractivity contribution in [1.82, 2.24) is 9.88 Å². The van der Waals surface area contributed by atoms with Crippen molar-refractivity contribution >= 4 is 23.5 Å². The number of halogens is 3. The molecule has 0 bridgehead atoms. The van der Waals surface area contributed by atoms with Gasteiger partial charge in [0.05, 0.1) is 11.4 Å². The van der Waals surface area contributed by atoms with Crippen LogP contribution in [0.1, 0.15) is 27.2 Å². The smallest absolute Gasteiger partial charge is 0.490 e. The number of hydrogen-bond donors (Lipinski definition) is 3. The Kier molecular flexibility index (Phi) is 6.00. The third-order valence-corrected chi connectivity index (χ3v) is 4.57. The molecule has 0 saturated heterocycles. The summed E-state index contributed by atoms with van der Waals surface area (Å²) in [5.74, 6) is -2.55. The highest BCUT2D eigenvalue weighted by Crippen LogP contribution is 2.28. The highest BCUT2D eigenvalue weighted by atomic mass is 19.4. The molecule has 0 spiro atoms. The van der Waals surface area contributed by atoms with Gasteiger partial charge in [-0.15, -0.1) is 0 Å². The number of nitrogens with one attached hydrogen (secondary N) is 1. The number of hydrogen-bond acceptors (Lipinski definition) is 5. The van der Waals surface area contributed by atoms with Crippen LogP contribution >= 0.6 is 0 Å². The normalized spacial score (nSPS) is 14.9. The number of aromatic hydroxyl groups is 1. The van der Waals surface area contributed by atoms with Gasteiger partial charge in [-0.3, -0.25) is 9.79 Å². The van der Waals surface area contributed by atoms with Crippen LogP contribution in [0.15, 0.2) is 53.4 Å². The number of aryl methyl sites for hydroxylation is 1. The van der Waals surface area contributed by atoms with Crippen molar-refractivity contribution in [1.29, 1.82) is 0 Å². The number of ketones is 1. The molecule has 0 radical (unpaired) electrons. The monoisotopic (exact) mass is 433 g/mol. The Morgan fingerprint density at radius 2 is 1.90 bits per heavy atom. The van der Waals surface area contributed by atoms with Gasteiger partial charge in [-0.05, 0) is 41.8 Å². The zero-order valence-electron chi connectivity index (χ0n) is 16.3. The summed E-state index contributed by atoms with van der Waals surface area (Å²) in [5.41, 5.74) is 5.22. The predicted octanol–water partition coefficient (Wildman–Crippen LogP) is 3.05. The van der Waals surface area contributed by atoms with E-state index in [1.54, 1.807) is 30.5 Å². The number of carboxylic acids is 1. The van der Waals surface area contributed by atoms with E-state index in [0.29, 0.717) is 11.4 Å². The van der Waals surface area contributed by atoms with Gasteiger partial charge < -0.3 is 20.1 Å². The largest absolute Gasteiger partial charge is 0.508 e. The fraction of sp³-hybridized carbons (Fsp3) is 0.190. The van der Waals surface area contributed by atoms with Crippen LogP contribution in [-0.4, -0.2) is 45.0 Å². The molecular formula is C21H18F3N3O4. The molecule has 10 heteroatoms. The summed E-state index contributed by atoms with van der Waals surface area (Å²) in [5, 5.41) is 19.5. The minimum Gasteiger partial charge on any atom is -0.508 e. The third-order valence-electron chi connectivity index (χ3n) is 4.57. The fourth-order valence-corrected chi connectivity index (χ4v) is 3.18. The van der Waals surface area contributed by atoms with Crippen LogP contribution in [0.25, 0.3) is 6.08 Å². The summed E-state index contributed by atoms with van der Waals surface area (Å²) in [6, 6.07) is 6.85. The number of phenolic OH excluding ortho intramolecular Hbond substituents is 1. The average molecular weight is 433 g/mol. The molecule has 1 aromatic carbocycles. The molecule has 4 rings (SSSR count). The van der Waals surface area contributed by atoms with E-state index in [1.807, 2.05) is 30.0 Å². The number of phenols is 1. The van der Waals surface area contributed by atoms with Crippen LogP contribution in [0.5, 0.6) is 5.75 Å². The summed E-state index contributed by atoms with van der Waals surface area (Å²) in [4.78, 5) is 26.2. The van der Waals surface area contributed by atoms with Gasteiger partial charge in [-0.2, -0.15) is 13.2 Å². The Labute approximate surface area is 174 Å². The summed E-state index contributed by atoms with van der Waals surface area (Å²) < 4.78 is 33.6. The average Bonchev–Trinajstić information content (AvgIpc) is 3.04. The molecule has 3 N–H and O–H groups in total. The maximum Gasteiger partial charge on any atom is 0.490 e. The standard InChI is InChI=1S/C19H17N3O2.C2HF3O2/c1-22-11-13-7-9-20-15-10-16(19(24)18(22)17(13)15)21-8-6-12-2-4-14(23)5-3-12;3-2(4,5)1(6)7/h2-6,8,10-11,21,23H,7,9H2,1H3;(H,6,7). The predicted molar refractivity (Wildman–Crippen MR) is 107 cm³/mol. The first-order chi connectivity index (χ1) is 14.6. The van der Waals surface area contributed by atoms with E-state index in [2.05, 4.69) is 10.3 Å². The van der Waals surface area contributed by atoms with Crippen LogP contribution in [-0.2, 0) is 18.3 Å². The van der Waals surface area contributed by atoms with Gasteiger partial charge in [-0.25, -0.2) is 4.79 Å². The Balaban J connectivity index is 0.000000339. The van der Waals surface area contributed by atoms with Crippen LogP contribution < -0.4 is 5.32 Å². The topological polar surface area (TPSA) is 104 Å². The molecule has 1 aromatic heterocycles. The van der Waals surface area contributed by atoms with Gasteiger partial charge in [0.2, 0.25) is 5.78 Å². The Morgan fingerprint density at radius 1 is 1.26 bits per heavy atom. The summed E-state index contributed by atoms with van der Waals surface area (Å²) in [7, 11) is 1.90. The minimum atomic E-state index is -5.08. The molecule has 1 aliphatic heterocycles. The molecule has 1 aliphatic carbocycles. The number of carbonyl (C=O) groups excluding carboxylic acids is 1. The lowest BCUT2D eigenvalue weighted by Gasteiger charge is -2.19. The molecule has 2 aliphatic rings. The van der Waals surface area contributed by atoms with Crippen molar-refractivity contribution < 1.29 is 33.0 Å². The minimum absolute atomic E-state index is 0.0186. The van der Waals surface area contributed by atoms with Gasteiger partial charge in [0.1, 0.15) is 11.4 Å². The van der Waals surface area contributed by atoms with Crippen LogP contribution in [0.4, 0.5) is 13.2 Å². The number of aliphatic imine (C=N–C) groups is 1. The fourth-order valence-electron chi connectivity index (χ4n) is 3.18. The van der Waals surface area contributed by atoms with E-state index in [1.165, 1.54) is 5.56 Å². The van der Waals surface area contributed by atoms with E-state index in [-0.39, 0.29) is 11.5 Å². The Morgan fingerprint density at radius 3 is 2.52 bits per heavy atom. The van der Waals surface area contributed by atoms with Crippen molar-refractivity contribution in [3.8, 4) is 5.75 Å². The Bertz CT molecular complexity index is 1110. The van der Waals surface area contributed by atoms with Gasteiger partial charge in [0.15, 0.2) is 0 Å². The van der Waals surface area contributed by atoms with Gasteiger partial charge in [0, 0.05) is 31.6 Å². The number of carboxylic acid groups (broad SMARTS) is 1. The van der Waals surface area contributed by atoms with Crippen molar-refractivity contribution in [2.75, 3.05) is 6.54 Å². The molecule has 162 valence electrons. The lowest BCUT2D eigenvalue weighted by molar-refractivity contribution is -0.192. The molecule has 0 atom stereocenters. The summed E-state index contributed by atoms with van der Waals surface area (Å²) in [6.45, 7) is 0.757. The van der Waals surface area contributed by atoms with Crippen molar-refractivity contribution in [2.45, 2.75) is 12.6 Å². The van der Waals surface area contributed by atoms with Gasteiger partial charge in [-0.1, -0.05) is 12.1 Å². The van der Waals surface area contributed by atoms with Crippen molar-refractivity contribution in [3.05, 3.63) is 70.8 Å². The number of Topliss-reactive ketones (excluding diaryl/α,β-unsaturated/α-hetero) is 1.